The van der Waals surface area contributed by atoms with Crippen molar-refractivity contribution in [3.63, 3.8) is 0 Å². The second kappa shape index (κ2) is 11.6. The Morgan fingerprint density at radius 1 is 1.00 bits per heavy atom. The molecule has 2 aromatic carbocycles. The molecule has 7 heteroatoms. The van der Waals surface area contributed by atoms with E-state index in [1.807, 2.05) is 19.1 Å². The fourth-order valence-electron chi connectivity index (χ4n) is 6.06. The molecule has 3 heterocycles. The first-order chi connectivity index (χ1) is 18.4. The summed E-state index contributed by atoms with van der Waals surface area (Å²) in [7, 11) is 0. The molecule has 2 aliphatic rings. The number of carbonyl (C=O) groups is 1. The van der Waals surface area contributed by atoms with Gasteiger partial charge >= 0.3 is 0 Å². The van der Waals surface area contributed by atoms with Gasteiger partial charge < -0.3 is 9.47 Å². The lowest BCUT2D eigenvalue weighted by Gasteiger charge is -2.48. The first kappa shape index (κ1) is 27.0. The van der Waals surface area contributed by atoms with Crippen molar-refractivity contribution in [1.29, 1.82) is 0 Å². The van der Waals surface area contributed by atoms with Crippen molar-refractivity contribution in [2.75, 3.05) is 32.8 Å². The number of halogens is 1. The maximum Gasteiger partial charge on any atom is 0.270 e. The average Bonchev–Trinajstić information content (AvgIpc) is 3.33. The van der Waals surface area contributed by atoms with Crippen molar-refractivity contribution >= 4 is 38.4 Å². The van der Waals surface area contributed by atoms with Crippen LogP contribution in [0.1, 0.15) is 62.5 Å². The zero-order chi connectivity index (χ0) is 26.7. The number of hydrogen-bond donors (Lipinski definition) is 1. The van der Waals surface area contributed by atoms with Crippen LogP contribution in [0.5, 0.6) is 0 Å². The highest BCUT2D eigenvalue weighted by Crippen LogP contribution is 2.35. The van der Waals surface area contributed by atoms with Crippen molar-refractivity contribution in [1.82, 2.24) is 19.8 Å². The summed E-state index contributed by atoms with van der Waals surface area (Å²) in [5, 5.41) is 1.14. The molecule has 2 saturated heterocycles. The number of nitrogens with one attached hydrogen (secondary N) is 1. The first-order valence-corrected chi connectivity index (χ1v) is 14.7. The van der Waals surface area contributed by atoms with Crippen LogP contribution in [0.2, 0.25) is 0 Å². The summed E-state index contributed by atoms with van der Waals surface area (Å²) in [6, 6.07) is 18.8. The minimum Gasteiger partial charge on any atom is -0.337 e. The number of para-hydroxylation sites is 1. The smallest absolute Gasteiger partial charge is 0.270 e. The van der Waals surface area contributed by atoms with Crippen LogP contribution in [0.3, 0.4) is 0 Å². The van der Waals surface area contributed by atoms with Gasteiger partial charge in [-0.3, -0.25) is 20.0 Å². The van der Waals surface area contributed by atoms with Gasteiger partial charge in [-0.05, 0) is 81.9 Å². The topological polar surface area (TPSA) is 49.7 Å². The van der Waals surface area contributed by atoms with Crippen molar-refractivity contribution in [2.45, 2.75) is 58.5 Å². The van der Waals surface area contributed by atoms with E-state index in [1.165, 1.54) is 5.57 Å². The monoisotopic (exact) mass is 578 g/mol. The Labute approximate surface area is 234 Å². The lowest BCUT2D eigenvalue weighted by molar-refractivity contribution is 0.0251. The van der Waals surface area contributed by atoms with Crippen LogP contribution in [0, 0.1) is 0 Å². The normalized spacial score (nSPS) is 18.1. The number of carbonyl (C=O) groups excluding carboxylic acids is 1. The van der Waals surface area contributed by atoms with Gasteiger partial charge in [-0.1, -0.05) is 46.3 Å². The number of hydroxylamine groups is 1. The van der Waals surface area contributed by atoms with Gasteiger partial charge in [0.25, 0.3) is 5.91 Å². The van der Waals surface area contributed by atoms with E-state index in [-0.39, 0.29) is 11.4 Å². The highest BCUT2D eigenvalue weighted by Gasteiger charge is 2.38. The Bertz CT molecular complexity index is 1300. The number of hydrogen-bond acceptors (Lipinski definition) is 4. The summed E-state index contributed by atoms with van der Waals surface area (Å²) in [4.78, 5) is 23.9. The minimum atomic E-state index is 0.116. The lowest BCUT2D eigenvalue weighted by atomic mass is 9.85. The number of likely N-dealkylation sites (tertiary alicyclic amines) is 2. The Balaban J connectivity index is 1.24. The van der Waals surface area contributed by atoms with Crippen molar-refractivity contribution in [2.24, 2.45) is 0 Å². The molecule has 0 aliphatic carbocycles. The molecule has 202 valence electrons. The van der Waals surface area contributed by atoms with Crippen molar-refractivity contribution in [3.8, 4) is 0 Å². The molecule has 3 aromatic rings. The van der Waals surface area contributed by atoms with Crippen LogP contribution < -0.4 is 5.48 Å². The molecule has 0 unspecified atom stereocenters. The third kappa shape index (κ3) is 5.42. The van der Waals surface area contributed by atoms with Crippen molar-refractivity contribution in [3.05, 3.63) is 75.9 Å². The molecule has 0 spiro atoms. The molecular weight excluding hydrogens is 540 g/mol. The van der Waals surface area contributed by atoms with E-state index in [0.717, 1.165) is 90.7 Å². The fraction of sp³-hybridized carbons (Fsp3) is 0.452. The summed E-state index contributed by atoms with van der Waals surface area (Å²) >= 11 is 3.54. The maximum atomic E-state index is 13.6. The molecule has 1 aromatic heterocycles. The molecule has 6 nitrogen and oxygen atoms in total. The van der Waals surface area contributed by atoms with Gasteiger partial charge in [0.1, 0.15) is 5.69 Å². The Hall–Kier alpha value is -2.61. The summed E-state index contributed by atoms with van der Waals surface area (Å²) < 4.78 is 3.23. The molecule has 38 heavy (non-hydrogen) atoms. The zero-order valence-corrected chi connectivity index (χ0v) is 24.4. The number of nitrogens with zero attached hydrogens (tertiary/aromatic N) is 3. The highest BCUT2D eigenvalue weighted by atomic mass is 79.9. The number of amides is 1. The van der Waals surface area contributed by atoms with Gasteiger partial charge in [0.15, 0.2) is 0 Å². The number of rotatable bonds is 7. The number of aromatic nitrogens is 1. The quantitative estimate of drug-likeness (QED) is 0.326. The molecule has 1 N–H and O–H groups in total. The van der Waals surface area contributed by atoms with Gasteiger partial charge in [-0.2, -0.15) is 0 Å². The fourth-order valence-corrected chi connectivity index (χ4v) is 6.32. The number of piperidine rings is 2. The molecule has 0 atom stereocenters. The molecule has 0 radical (unpaired) electrons. The van der Waals surface area contributed by atoms with Crippen LogP contribution >= 0.6 is 15.9 Å². The van der Waals surface area contributed by atoms with Crippen LogP contribution in [0.25, 0.3) is 16.6 Å². The summed E-state index contributed by atoms with van der Waals surface area (Å²) in [5.74, 6) is 0.162. The molecule has 2 aliphatic heterocycles. The van der Waals surface area contributed by atoms with E-state index >= 15 is 0 Å². The largest absolute Gasteiger partial charge is 0.337 e. The Morgan fingerprint density at radius 3 is 2.34 bits per heavy atom. The Morgan fingerprint density at radius 2 is 1.68 bits per heavy atom. The van der Waals surface area contributed by atoms with Crippen LogP contribution in [0.15, 0.2) is 64.6 Å². The molecule has 2 fully saturated rings. The average molecular weight is 580 g/mol. The van der Waals surface area contributed by atoms with E-state index in [0.29, 0.717) is 6.61 Å². The second-order valence-corrected chi connectivity index (χ2v) is 11.5. The maximum absolute atomic E-state index is 13.6. The predicted octanol–water partition coefficient (Wildman–Crippen LogP) is 6.47. The molecule has 1 amide bonds. The van der Waals surface area contributed by atoms with E-state index in [1.54, 1.807) is 0 Å². The lowest BCUT2D eigenvalue weighted by Crippen LogP contribution is -2.56. The molecule has 0 bridgehead atoms. The zero-order valence-electron chi connectivity index (χ0n) is 22.8. The van der Waals surface area contributed by atoms with Gasteiger partial charge in [-0.15, -0.1) is 0 Å². The Kier molecular flexibility index (Phi) is 8.26. The van der Waals surface area contributed by atoms with Crippen LogP contribution in [-0.4, -0.2) is 58.6 Å². The van der Waals surface area contributed by atoms with Gasteiger partial charge in [0, 0.05) is 53.6 Å². The summed E-state index contributed by atoms with van der Waals surface area (Å²) in [5.41, 5.74) is 8.98. The standard InChI is InChI=1S/C31H39BrN4O2/c1-4-36-27-9-7-6-8-25(27)22-28(36)30(37)34-20-16-31(3,17-21-34)35-18-14-24(15-19-35)29(33-38-5-2)23-10-12-26(32)13-11-23/h6-13,22,33H,4-5,14-21H2,1-3H3. The third-order valence-electron chi connectivity index (χ3n) is 8.41. The number of benzene rings is 2. The van der Waals surface area contributed by atoms with Gasteiger partial charge in [0.05, 0.1) is 12.3 Å². The minimum absolute atomic E-state index is 0.116. The third-order valence-corrected chi connectivity index (χ3v) is 8.94. The van der Waals surface area contributed by atoms with Gasteiger partial charge in [-0.25, -0.2) is 0 Å². The van der Waals surface area contributed by atoms with Crippen molar-refractivity contribution < 1.29 is 9.63 Å². The molecule has 5 rings (SSSR count). The van der Waals surface area contributed by atoms with E-state index in [9.17, 15) is 4.79 Å². The van der Waals surface area contributed by atoms with E-state index in [2.05, 4.69) is 92.1 Å². The first-order valence-electron chi connectivity index (χ1n) is 13.9. The van der Waals surface area contributed by atoms with Gasteiger partial charge in [0.2, 0.25) is 0 Å². The number of aryl methyl sites for hydroxylation is 1. The summed E-state index contributed by atoms with van der Waals surface area (Å²) in [6.45, 7) is 11.6. The number of fused-ring (bicyclic) bond motifs is 1. The van der Waals surface area contributed by atoms with Crippen LogP contribution in [0.4, 0.5) is 0 Å². The summed E-state index contributed by atoms with van der Waals surface area (Å²) in [6.07, 6.45) is 4.03. The second-order valence-electron chi connectivity index (χ2n) is 10.6. The van der Waals surface area contributed by atoms with E-state index in [4.69, 9.17) is 4.84 Å². The van der Waals surface area contributed by atoms with E-state index < -0.39 is 0 Å². The van der Waals surface area contributed by atoms with Crippen LogP contribution in [-0.2, 0) is 11.4 Å². The molecule has 0 saturated carbocycles. The highest BCUT2D eigenvalue weighted by molar-refractivity contribution is 9.10. The molecular formula is C31H39BrN4O2. The predicted molar refractivity (Wildman–Crippen MR) is 158 cm³/mol. The SMILES string of the molecule is CCONC(=C1CCN(C2(C)CCN(C(=O)c3cc4ccccc4n3CC)CC2)CC1)c1ccc(Br)cc1.